The number of aromatic nitrogens is 2. The number of rotatable bonds is 2. The topological polar surface area (TPSA) is 54.7 Å². The third-order valence-corrected chi connectivity index (χ3v) is 2.06. The molecule has 0 saturated carbocycles. The van der Waals surface area contributed by atoms with Gasteiger partial charge in [-0.25, -0.2) is 0 Å². The molecule has 0 bridgehead atoms. The average Bonchev–Trinajstić information content (AvgIpc) is 2.51. The van der Waals surface area contributed by atoms with Crippen molar-refractivity contribution in [2.75, 3.05) is 0 Å². The van der Waals surface area contributed by atoms with Gasteiger partial charge in [0.25, 0.3) is 0 Å². The molecule has 0 aliphatic carbocycles. The summed E-state index contributed by atoms with van der Waals surface area (Å²) in [6.07, 6.45) is 2.62. The minimum absolute atomic E-state index is 0. The maximum absolute atomic E-state index is 5.64. The van der Waals surface area contributed by atoms with E-state index in [1.807, 2.05) is 18.3 Å². The fraction of sp³-hybridized carbons (Fsp3) is 0.200. The second kappa shape index (κ2) is 5.95. The number of nitrogens with zero attached hydrogens (tertiary/aromatic N) is 1. The van der Waals surface area contributed by atoms with Gasteiger partial charge in [0.2, 0.25) is 0 Å². The number of fused-ring (bicyclic) bond motifs is 1. The Morgan fingerprint density at radius 3 is 2.80 bits per heavy atom. The van der Waals surface area contributed by atoms with Gasteiger partial charge in [0.1, 0.15) is 0 Å². The minimum Gasteiger partial charge on any atom is -0.327 e. The van der Waals surface area contributed by atoms with Crippen LogP contribution in [0.4, 0.5) is 0 Å². The van der Waals surface area contributed by atoms with Gasteiger partial charge in [0, 0.05) is 11.4 Å². The van der Waals surface area contributed by atoms with Crippen LogP contribution in [0.25, 0.3) is 10.9 Å². The van der Waals surface area contributed by atoms with Crippen molar-refractivity contribution >= 4 is 35.7 Å². The van der Waals surface area contributed by atoms with E-state index in [1.165, 1.54) is 5.56 Å². The lowest BCUT2D eigenvalue weighted by Gasteiger charge is -2.05. The quantitative estimate of drug-likeness (QED) is 0.853. The van der Waals surface area contributed by atoms with E-state index in [0.717, 1.165) is 17.3 Å². The number of hydrogen-bond acceptors (Lipinski definition) is 2. The predicted octanol–water partition coefficient (Wildman–Crippen LogP) is 2.11. The summed E-state index contributed by atoms with van der Waals surface area (Å²) in [6, 6.07) is 6.00. The minimum atomic E-state index is -0.0551. The van der Waals surface area contributed by atoms with Crippen LogP contribution >= 0.6 is 24.8 Å². The molecule has 0 fully saturated rings. The van der Waals surface area contributed by atoms with Crippen molar-refractivity contribution in [3.63, 3.8) is 0 Å². The smallest absolute Gasteiger partial charge is 0.0653 e. The lowest BCUT2D eigenvalue weighted by atomic mass is 10.0. The van der Waals surface area contributed by atoms with Crippen molar-refractivity contribution in [3.05, 3.63) is 36.9 Å². The van der Waals surface area contributed by atoms with E-state index in [9.17, 15) is 0 Å². The molecule has 0 aliphatic heterocycles. The maximum Gasteiger partial charge on any atom is 0.0653 e. The lowest BCUT2D eigenvalue weighted by molar-refractivity contribution is 0.811. The molecule has 2 aromatic rings. The first-order chi connectivity index (χ1) is 6.27. The molecule has 5 heteroatoms. The number of halogens is 2. The molecule has 1 aromatic carbocycles. The zero-order valence-corrected chi connectivity index (χ0v) is 9.78. The van der Waals surface area contributed by atoms with Crippen molar-refractivity contribution < 1.29 is 0 Å². The van der Waals surface area contributed by atoms with Gasteiger partial charge < -0.3 is 5.73 Å². The molecule has 0 aliphatic rings. The molecular formula is C10H14Cl2N3. The Bertz CT molecular complexity index is 412. The van der Waals surface area contributed by atoms with Crippen LogP contribution in [0.2, 0.25) is 0 Å². The first-order valence-corrected chi connectivity index (χ1v) is 4.27. The Hall–Kier alpha value is -0.770. The van der Waals surface area contributed by atoms with Gasteiger partial charge in [0.05, 0.1) is 11.7 Å². The Morgan fingerprint density at radius 1 is 1.40 bits per heavy atom. The standard InChI is InChI=1S/C10H12N3.2ClH/c1-7(11)5-8-3-2-4-10-9(8)6-12-13-10;;/h2-4,6-7H,1,5,11H2,(H,12,13);2*1H. The summed E-state index contributed by atoms with van der Waals surface area (Å²) in [7, 11) is 0. The van der Waals surface area contributed by atoms with E-state index < -0.39 is 0 Å². The highest BCUT2D eigenvalue weighted by Gasteiger charge is 2.03. The van der Waals surface area contributed by atoms with Crippen LogP contribution in [0.3, 0.4) is 0 Å². The van der Waals surface area contributed by atoms with Gasteiger partial charge in [-0.1, -0.05) is 12.1 Å². The van der Waals surface area contributed by atoms with Crippen LogP contribution in [-0.2, 0) is 6.42 Å². The molecule has 83 valence electrons. The van der Waals surface area contributed by atoms with Crippen molar-refractivity contribution in [1.82, 2.24) is 10.2 Å². The summed E-state index contributed by atoms with van der Waals surface area (Å²) in [5.74, 6) is 0. The SMILES string of the molecule is Cl.Cl.[CH2]C(N)Cc1cccc2[nH]ncc12. The molecule has 3 N–H and O–H groups in total. The molecule has 0 saturated heterocycles. The van der Waals surface area contributed by atoms with Crippen LogP contribution in [0.15, 0.2) is 24.4 Å². The van der Waals surface area contributed by atoms with Crippen molar-refractivity contribution in [3.8, 4) is 0 Å². The lowest BCUT2D eigenvalue weighted by Crippen LogP contribution is -2.18. The summed E-state index contributed by atoms with van der Waals surface area (Å²) >= 11 is 0. The van der Waals surface area contributed by atoms with Gasteiger partial charge in [-0.05, 0) is 25.0 Å². The third kappa shape index (κ3) is 3.09. The van der Waals surface area contributed by atoms with Crippen LogP contribution in [0.5, 0.6) is 0 Å². The van der Waals surface area contributed by atoms with Crippen LogP contribution in [0.1, 0.15) is 5.56 Å². The van der Waals surface area contributed by atoms with Gasteiger partial charge in [0.15, 0.2) is 0 Å². The third-order valence-electron chi connectivity index (χ3n) is 2.06. The molecule has 1 atom stereocenters. The summed E-state index contributed by atoms with van der Waals surface area (Å²) in [6.45, 7) is 3.77. The molecular weight excluding hydrogens is 233 g/mol. The van der Waals surface area contributed by atoms with Gasteiger partial charge >= 0.3 is 0 Å². The molecule has 1 heterocycles. The molecule has 2 rings (SSSR count). The molecule has 15 heavy (non-hydrogen) atoms. The summed E-state index contributed by atoms with van der Waals surface area (Å²) in [5, 5.41) is 8.05. The first kappa shape index (κ1) is 14.2. The van der Waals surface area contributed by atoms with Crippen LogP contribution in [-0.4, -0.2) is 16.2 Å². The predicted molar refractivity (Wildman–Crippen MR) is 67.6 cm³/mol. The number of nitrogens with two attached hydrogens (primary N) is 1. The number of benzene rings is 1. The molecule has 1 radical (unpaired) electrons. The summed E-state index contributed by atoms with van der Waals surface area (Å²) in [5.41, 5.74) is 7.90. The van der Waals surface area contributed by atoms with E-state index in [4.69, 9.17) is 5.73 Å². The first-order valence-electron chi connectivity index (χ1n) is 4.27. The molecule has 0 spiro atoms. The Balaban J connectivity index is 0.000000980. The number of hydrogen-bond donors (Lipinski definition) is 2. The van der Waals surface area contributed by atoms with Crippen molar-refractivity contribution in [1.29, 1.82) is 0 Å². The highest BCUT2D eigenvalue weighted by Crippen LogP contribution is 2.16. The summed E-state index contributed by atoms with van der Waals surface area (Å²) < 4.78 is 0. The van der Waals surface area contributed by atoms with Gasteiger partial charge in [-0.15, -0.1) is 24.8 Å². The van der Waals surface area contributed by atoms with E-state index >= 15 is 0 Å². The van der Waals surface area contributed by atoms with E-state index in [0.29, 0.717) is 0 Å². The van der Waals surface area contributed by atoms with Gasteiger partial charge in [-0.2, -0.15) is 5.10 Å². The molecule has 1 aromatic heterocycles. The largest absolute Gasteiger partial charge is 0.327 e. The normalized spacial score (nSPS) is 11.6. The Morgan fingerprint density at radius 2 is 2.13 bits per heavy atom. The van der Waals surface area contributed by atoms with Crippen LogP contribution in [0, 0.1) is 6.92 Å². The Labute approximate surface area is 101 Å². The molecule has 1 unspecified atom stereocenters. The second-order valence-corrected chi connectivity index (χ2v) is 3.21. The fourth-order valence-electron chi connectivity index (χ4n) is 1.49. The molecule has 0 amide bonds. The highest BCUT2D eigenvalue weighted by atomic mass is 35.5. The van der Waals surface area contributed by atoms with Gasteiger partial charge in [-0.3, -0.25) is 5.10 Å². The zero-order chi connectivity index (χ0) is 9.26. The van der Waals surface area contributed by atoms with E-state index in [1.54, 1.807) is 0 Å². The van der Waals surface area contributed by atoms with E-state index in [-0.39, 0.29) is 30.9 Å². The number of H-pyrrole nitrogens is 1. The monoisotopic (exact) mass is 246 g/mol. The second-order valence-electron chi connectivity index (χ2n) is 3.21. The number of nitrogens with one attached hydrogen (secondary N) is 1. The fourth-order valence-corrected chi connectivity index (χ4v) is 1.49. The maximum atomic E-state index is 5.64. The van der Waals surface area contributed by atoms with Crippen LogP contribution < -0.4 is 5.73 Å². The number of aromatic amines is 1. The summed E-state index contributed by atoms with van der Waals surface area (Å²) in [4.78, 5) is 0. The van der Waals surface area contributed by atoms with E-state index in [2.05, 4.69) is 23.2 Å². The zero-order valence-electron chi connectivity index (χ0n) is 8.14. The molecule has 3 nitrogen and oxygen atoms in total. The van der Waals surface area contributed by atoms with Crippen molar-refractivity contribution in [2.45, 2.75) is 12.5 Å². The highest BCUT2D eigenvalue weighted by molar-refractivity contribution is 5.85. The van der Waals surface area contributed by atoms with Crippen molar-refractivity contribution in [2.24, 2.45) is 5.73 Å². The average molecular weight is 247 g/mol. The Kier molecular flexibility index (Phi) is 5.65.